The summed E-state index contributed by atoms with van der Waals surface area (Å²) in [6, 6.07) is 0. The van der Waals surface area contributed by atoms with E-state index >= 15 is 0 Å². The summed E-state index contributed by atoms with van der Waals surface area (Å²) in [6.45, 7) is 0. The molecule has 0 fully saturated rings. The molecule has 0 radical (unpaired) electrons. The number of hydrogen-bond donors (Lipinski definition) is 0. The number of rotatable bonds is 8. The molecule has 0 atom stereocenters. The minimum atomic E-state index is -8.96. The Hall–Kier alpha value is -0.600. The third kappa shape index (κ3) is 3.88. The molecule has 0 aromatic carbocycles. The van der Waals surface area contributed by atoms with Crippen molar-refractivity contribution in [1.29, 1.82) is 0 Å². The van der Waals surface area contributed by atoms with Crippen LogP contribution >= 0.6 is 22.6 Å². The standard InChI is InChI=1S/C11H4F19I/c12-3(13,1-2-31)5(15,16)7(19,20)9(23,24)8(21,22)6(17,18)4(14,10(25,26)27)11(28,29)30/h1-2H2. The van der Waals surface area contributed by atoms with Crippen LogP contribution in [-0.2, 0) is 0 Å². The van der Waals surface area contributed by atoms with E-state index in [1.807, 2.05) is 0 Å². The second-order valence-corrected chi connectivity index (χ2v) is 6.75. The van der Waals surface area contributed by atoms with Crippen molar-refractivity contribution < 1.29 is 83.4 Å². The van der Waals surface area contributed by atoms with Gasteiger partial charge in [-0.3, -0.25) is 0 Å². The van der Waals surface area contributed by atoms with E-state index in [9.17, 15) is 83.4 Å². The summed E-state index contributed by atoms with van der Waals surface area (Å²) in [5.74, 6) is -49.3. The molecule has 0 rings (SSSR count). The molecule has 0 N–H and O–H groups in total. The first-order valence-electron chi connectivity index (χ1n) is 6.71. The normalized spacial score (nSPS) is 16.6. The number of alkyl halides is 20. The molecule has 0 aliphatic heterocycles. The molecular formula is C11H4F19I. The van der Waals surface area contributed by atoms with Crippen LogP contribution < -0.4 is 0 Å². The van der Waals surface area contributed by atoms with Gasteiger partial charge < -0.3 is 0 Å². The highest BCUT2D eigenvalue weighted by Gasteiger charge is 2.98. The van der Waals surface area contributed by atoms with Gasteiger partial charge in [0.05, 0.1) is 0 Å². The summed E-state index contributed by atoms with van der Waals surface area (Å²) in [7, 11) is 0. The quantitative estimate of drug-likeness (QED) is 0.150. The molecule has 0 aliphatic carbocycles. The molecule has 20 heteroatoms. The third-order valence-corrected chi connectivity index (χ3v) is 4.20. The minimum absolute atomic E-state index is 0.745. The molecule has 0 amide bonds. The molecule has 0 saturated heterocycles. The largest absolute Gasteiger partial charge is 0.438 e. The van der Waals surface area contributed by atoms with Crippen LogP contribution in [0, 0.1) is 0 Å². The molecule has 0 heterocycles. The van der Waals surface area contributed by atoms with Crippen LogP contribution in [0.3, 0.4) is 0 Å². The Morgan fingerprint density at radius 3 is 0.903 bits per heavy atom. The lowest BCUT2D eigenvalue weighted by atomic mass is 9.83. The molecule has 31 heavy (non-hydrogen) atoms. The summed E-state index contributed by atoms with van der Waals surface area (Å²) < 4.78 is 245. The zero-order chi connectivity index (χ0) is 25.9. The van der Waals surface area contributed by atoms with Gasteiger partial charge in [-0.2, -0.15) is 79.0 Å². The highest BCUT2D eigenvalue weighted by molar-refractivity contribution is 14.1. The van der Waals surface area contributed by atoms with Crippen LogP contribution in [0.1, 0.15) is 6.42 Å². The number of halogens is 20. The van der Waals surface area contributed by atoms with Crippen molar-refractivity contribution >= 4 is 22.6 Å². The second kappa shape index (κ2) is 7.73. The van der Waals surface area contributed by atoms with E-state index in [2.05, 4.69) is 0 Å². The van der Waals surface area contributed by atoms with Crippen molar-refractivity contribution in [3.63, 3.8) is 0 Å². The van der Waals surface area contributed by atoms with Gasteiger partial charge in [-0.1, -0.05) is 22.6 Å². The molecule has 188 valence electrons. The predicted molar refractivity (Wildman–Crippen MR) is 69.1 cm³/mol. The Morgan fingerprint density at radius 1 is 0.387 bits per heavy atom. The average Bonchev–Trinajstić information content (AvgIpc) is 2.50. The summed E-state index contributed by atoms with van der Waals surface area (Å²) in [6.07, 6.45) is -19.0. The minimum Gasteiger partial charge on any atom is -0.216 e. The topological polar surface area (TPSA) is 0 Å². The van der Waals surface area contributed by atoms with Gasteiger partial charge in [0.2, 0.25) is 0 Å². The monoisotopic (exact) mass is 624 g/mol. The third-order valence-electron chi connectivity index (χ3n) is 3.66. The molecule has 0 bridgehead atoms. The first kappa shape index (κ1) is 30.4. The van der Waals surface area contributed by atoms with Crippen molar-refractivity contribution in [2.75, 3.05) is 4.43 Å². The molecule has 0 aliphatic rings. The lowest BCUT2D eigenvalue weighted by molar-refractivity contribution is -0.472. The second-order valence-electron chi connectivity index (χ2n) is 5.67. The van der Waals surface area contributed by atoms with E-state index < -0.39 is 64.4 Å². The maximum absolute atomic E-state index is 13.4. The first-order chi connectivity index (χ1) is 13.1. The highest BCUT2D eigenvalue weighted by Crippen LogP contribution is 2.66. The van der Waals surface area contributed by atoms with Crippen LogP contribution in [0.2, 0.25) is 0 Å². The summed E-state index contributed by atoms with van der Waals surface area (Å²) in [4.78, 5) is 0. The highest BCUT2D eigenvalue weighted by atomic mass is 127. The summed E-state index contributed by atoms with van der Waals surface area (Å²) in [5.41, 5.74) is -8.70. The van der Waals surface area contributed by atoms with Crippen LogP contribution in [0.4, 0.5) is 83.4 Å². The van der Waals surface area contributed by atoms with Gasteiger partial charge in [0.15, 0.2) is 0 Å². The first-order valence-corrected chi connectivity index (χ1v) is 8.24. The maximum Gasteiger partial charge on any atom is 0.438 e. The van der Waals surface area contributed by atoms with E-state index in [0.29, 0.717) is 0 Å². The van der Waals surface area contributed by atoms with Crippen molar-refractivity contribution in [3.8, 4) is 0 Å². The lowest BCUT2D eigenvalue weighted by Crippen LogP contribution is -2.77. The Balaban J connectivity index is 7.03. The van der Waals surface area contributed by atoms with Crippen LogP contribution in [0.25, 0.3) is 0 Å². The summed E-state index contributed by atoms with van der Waals surface area (Å²) >= 11 is 0.745. The Bertz CT molecular complexity index is 626. The molecule has 0 nitrogen and oxygen atoms in total. The van der Waals surface area contributed by atoms with Crippen molar-refractivity contribution in [2.45, 2.75) is 60.0 Å². The molecule has 0 spiro atoms. The van der Waals surface area contributed by atoms with Crippen molar-refractivity contribution in [2.24, 2.45) is 0 Å². The van der Waals surface area contributed by atoms with E-state index in [0.717, 1.165) is 22.6 Å². The lowest BCUT2D eigenvalue weighted by Gasteiger charge is -2.45. The Kier molecular flexibility index (Phi) is 7.58. The zero-order valence-electron chi connectivity index (χ0n) is 13.5. The fraction of sp³-hybridized carbons (Fsp3) is 1.00. The SMILES string of the molecule is FC(F)(F)C(F)(C(F)(F)F)C(F)(F)C(F)(F)C(F)(F)C(F)(F)C(F)(F)C(F)(F)CCI. The van der Waals surface area contributed by atoms with Crippen molar-refractivity contribution in [1.82, 2.24) is 0 Å². The molecule has 0 saturated carbocycles. The molecular weight excluding hydrogens is 620 g/mol. The van der Waals surface area contributed by atoms with Crippen LogP contribution in [0.5, 0.6) is 0 Å². The van der Waals surface area contributed by atoms with E-state index in [1.54, 1.807) is 0 Å². The predicted octanol–water partition coefficient (Wildman–Crippen LogP) is 7.46. The van der Waals surface area contributed by atoms with Crippen LogP contribution in [0.15, 0.2) is 0 Å². The van der Waals surface area contributed by atoms with Gasteiger partial charge in [-0.25, -0.2) is 4.39 Å². The molecule has 0 unspecified atom stereocenters. The van der Waals surface area contributed by atoms with Gasteiger partial charge in [0.1, 0.15) is 0 Å². The van der Waals surface area contributed by atoms with Gasteiger partial charge in [-0.05, 0) is 0 Å². The van der Waals surface area contributed by atoms with Crippen molar-refractivity contribution in [3.05, 3.63) is 0 Å². The van der Waals surface area contributed by atoms with Crippen LogP contribution in [-0.4, -0.2) is 58.0 Å². The summed E-state index contributed by atoms with van der Waals surface area (Å²) in [5, 5.41) is 0. The van der Waals surface area contributed by atoms with E-state index in [-0.39, 0.29) is 0 Å². The van der Waals surface area contributed by atoms with Gasteiger partial charge >= 0.3 is 53.6 Å². The number of hydrogen-bond acceptors (Lipinski definition) is 0. The Labute approximate surface area is 171 Å². The fourth-order valence-electron chi connectivity index (χ4n) is 1.83. The average molecular weight is 624 g/mol. The van der Waals surface area contributed by atoms with E-state index in [4.69, 9.17) is 0 Å². The zero-order valence-corrected chi connectivity index (χ0v) is 15.6. The maximum atomic E-state index is 13.4. The van der Waals surface area contributed by atoms with E-state index in [1.165, 1.54) is 0 Å². The van der Waals surface area contributed by atoms with Gasteiger partial charge in [0, 0.05) is 10.8 Å². The molecule has 0 aromatic rings. The fourth-order valence-corrected chi connectivity index (χ4v) is 2.51. The van der Waals surface area contributed by atoms with Gasteiger partial charge in [0.25, 0.3) is 0 Å². The van der Waals surface area contributed by atoms with Gasteiger partial charge in [-0.15, -0.1) is 0 Å². The Morgan fingerprint density at radius 2 is 0.645 bits per heavy atom. The smallest absolute Gasteiger partial charge is 0.216 e. The molecule has 0 aromatic heterocycles.